The molecule has 0 saturated heterocycles. The van der Waals surface area contributed by atoms with Crippen molar-refractivity contribution in [3.63, 3.8) is 0 Å². The van der Waals surface area contributed by atoms with Gasteiger partial charge in [-0.15, -0.1) is 0 Å². The molecule has 0 aliphatic heterocycles. The predicted molar refractivity (Wildman–Crippen MR) is 88.8 cm³/mol. The van der Waals surface area contributed by atoms with Crippen LogP contribution < -0.4 is 4.74 Å². The first kappa shape index (κ1) is 16.7. The predicted octanol–water partition coefficient (Wildman–Crippen LogP) is 5.19. The van der Waals surface area contributed by atoms with E-state index in [2.05, 4.69) is 0 Å². The van der Waals surface area contributed by atoms with Crippen molar-refractivity contribution in [2.75, 3.05) is 6.61 Å². The molecule has 0 atom stereocenters. The molecule has 0 fully saturated rings. The Morgan fingerprint density at radius 2 is 1.29 bits per heavy atom. The van der Waals surface area contributed by atoms with Gasteiger partial charge >= 0.3 is 6.18 Å². The summed E-state index contributed by atoms with van der Waals surface area (Å²) in [7, 11) is 0. The largest absolute Gasteiger partial charge is 0.482 e. The minimum atomic E-state index is -4.41. The summed E-state index contributed by atoms with van der Waals surface area (Å²) in [5.41, 5.74) is 0. The van der Waals surface area contributed by atoms with E-state index in [9.17, 15) is 17.6 Å². The lowest BCUT2D eigenvalue weighted by atomic mass is 10.3. The van der Waals surface area contributed by atoms with E-state index in [1.54, 1.807) is 90.4 Å². The molecule has 0 bridgehead atoms. The van der Waals surface area contributed by atoms with Crippen LogP contribution in [0.2, 0.25) is 0 Å². The van der Waals surface area contributed by atoms with Crippen LogP contribution in [-0.4, -0.2) is 12.8 Å². The fourth-order valence-electron chi connectivity index (χ4n) is 0.865. The van der Waals surface area contributed by atoms with E-state index in [4.69, 9.17) is 4.74 Å². The number of ether oxygens (including phenoxy) is 1. The third-order valence-corrected chi connectivity index (χ3v) is 7.70. The molecule has 9 heteroatoms. The Morgan fingerprint density at radius 1 is 0.882 bits per heavy atom. The van der Waals surface area contributed by atoms with Crippen LogP contribution in [-0.2, 0) is 0 Å². The van der Waals surface area contributed by atoms with Crippen molar-refractivity contribution in [3.8, 4) is 5.75 Å². The average Bonchev–Trinajstić information content (AvgIpc) is 2.22. The van der Waals surface area contributed by atoms with Gasteiger partial charge in [0.05, 0.1) is 14.3 Å². The van der Waals surface area contributed by atoms with E-state index >= 15 is 0 Å². The first-order chi connectivity index (χ1) is 7.65. The van der Waals surface area contributed by atoms with Crippen molar-refractivity contribution in [2.45, 2.75) is 6.18 Å². The lowest BCUT2D eigenvalue weighted by Gasteiger charge is -2.15. The Balaban J connectivity index is 3.16. The molecule has 0 aliphatic rings. The van der Waals surface area contributed by atoms with Crippen molar-refractivity contribution in [2.24, 2.45) is 0 Å². The van der Waals surface area contributed by atoms with Crippen LogP contribution in [0.4, 0.5) is 17.6 Å². The molecule has 1 aromatic carbocycles. The molecule has 0 radical (unpaired) electrons. The second kappa shape index (κ2) is 6.41. The van der Waals surface area contributed by atoms with Gasteiger partial charge in [-0.05, 0) is 90.4 Å². The molecule has 96 valence electrons. The molecule has 1 nitrogen and oxygen atoms in total. The summed E-state index contributed by atoms with van der Waals surface area (Å²) < 4.78 is 55.8. The van der Waals surface area contributed by atoms with Gasteiger partial charge in [-0.25, -0.2) is 4.39 Å². The summed E-state index contributed by atoms with van der Waals surface area (Å²) in [4.78, 5) is 0. The Kier molecular flexibility index (Phi) is 6.30. The van der Waals surface area contributed by atoms with E-state index in [1.807, 2.05) is 0 Å². The normalized spacial score (nSPS) is 11.8. The fourth-order valence-corrected chi connectivity index (χ4v) is 4.25. The molecule has 0 heterocycles. The summed E-state index contributed by atoms with van der Waals surface area (Å²) >= 11 is 7.04. The highest BCUT2D eigenvalue weighted by Crippen LogP contribution is 2.37. The lowest BCUT2D eigenvalue weighted by Crippen LogP contribution is -2.20. The van der Waals surface area contributed by atoms with Gasteiger partial charge < -0.3 is 4.74 Å². The summed E-state index contributed by atoms with van der Waals surface area (Å²) in [6.07, 6.45) is -4.41. The van der Waals surface area contributed by atoms with E-state index < -0.39 is 18.6 Å². The van der Waals surface area contributed by atoms with E-state index in [1.165, 1.54) is 0 Å². The SMILES string of the molecule is Fc1c(I)c(I)c(OCC(F)(F)F)c(I)c1I. The molecule has 0 spiro atoms. The zero-order chi connectivity index (χ0) is 13.4. The number of benzene rings is 1. The Morgan fingerprint density at radius 3 is 1.65 bits per heavy atom. The van der Waals surface area contributed by atoms with Gasteiger partial charge in [0.25, 0.3) is 0 Å². The second-order valence-corrected chi connectivity index (χ2v) is 7.12. The quantitative estimate of drug-likeness (QED) is 0.179. The van der Waals surface area contributed by atoms with Crippen LogP contribution >= 0.6 is 90.4 Å². The monoisotopic (exact) mass is 698 g/mol. The van der Waals surface area contributed by atoms with Gasteiger partial charge in [0.2, 0.25) is 0 Å². The fraction of sp³-hybridized carbons (Fsp3) is 0.250. The second-order valence-electron chi connectivity index (χ2n) is 2.80. The van der Waals surface area contributed by atoms with Crippen LogP contribution in [0.1, 0.15) is 0 Å². The highest BCUT2D eigenvalue weighted by atomic mass is 127. The molecule has 0 aliphatic carbocycles. The Hall–Kier alpha value is 1.66. The zero-order valence-electron chi connectivity index (χ0n) is 7.64. The first-order valence-corrected chi connectivity index (χ1v) is 8.17. The topological polar surface area (TPSA) is 9.23 Å². The lowest BCUT2D eigenvalue weighted by molar-refractivity contribution is -0.153. The summed E-state index contributed by atoms with van der Waals surface area (Å²) in [6, 6.07) is 0. The number of hydrogen-bond acceptors (Lipinski definition) is 1. The third-order valence-electron chi connectivity index (χ3n) is 1.55. The average molecular weight is 698 g/mol. The maximum atomic E-state index is 13.6. The molecular weight excluding hydrogens is 696 g/mol. The van der Waals surface area contributed by atoms with E-state index in [-0.39, 0.29) is 12.9 Å². The molecule has 0 N–H and O–H groups in total. The first-order valence-electron chi connectivity index (χ1n) is 3.86. The maximum absolute atomic E-state index is 13.6. The van der Waals surface area contributed by atoms with Crippen LogP contribution in [0, 0.1) is 20.1 Å². The molecule has 1 rings (SSSR count). The van der Waals surface area contributed by atoms with Crippen molar-refractivity contribution >= 4 is 90.4 Å². The number of halogens is 8. The minimum Gasteiger partial charge on any atom is -0.482 e. The number of rotatable bonds is 2. The molecule has 0 amide bonds. The van der Waals surface area contributed by atoms with E-state index in [0.717, 1.165) is 0 Å². The Bertz CT molecular complexity index is 417. The van der Waals surface area contributed by atoms with Gasteiger partial charge in [-0.2, -0.15) is 13.2 Å². The minimum absolute atomic E-state index is 0.0822. The summed E-state index contributed by atoms with van der Waals surface area (Å²) in [5.74, 6) is -0.349. The molecular formula is C8H2F4I4O. The maximum Gasteiger partial charge on any atom is 0.422 e. The van der Waals surface area contributed by atoms with E-state index in [0.29, 0.717) is 7.14 Å². The molecule has 17 heavy (non-hydrogen) atoms. The Labute approximate surface area is 149 Å². The molecule has 0 unspecified atom stereocenters. The number of hydrogen-bond donors (Lipinski definition) is 0. The van der Waals surface area contributed by atoms with Gasteiger partial charge in [-0.1, -0.05) is 0 Å². The van der Waals surface area contributed by atoms with Crippen LogP contribution in [0.15, 0.2) is 0 Å². The van der Waals surface area contributed by atoms with Crippen molar-refractivity contribution in [1.29, 1.82) is 0 Å². The smallest absolute Gasteiger partial charge is 0.422 e. The van der Waals surface area contributed by atoms with Crippen LogP contribution in [0.25, 0.3) is 0 Å². The third kappa shape index (κ3) is 4.32. The van der Waals surface area contributed by atoms with Gasteiger partial charge in [0, 0.05) is 0 Å². The molecule has 0 aromatic heterocycles. The standard InChI is InChI=1S/C8H2F4I4O/c9-2-3(13)5(15)7(6(16)4(2)14)17-1-8(10,11)12/h1H2. The highest BCUT2D eigenvalue weighted by molar-refractivity contribution is 14.1. The number of alkyl halides is 3. The van der Waals surface area contributed by atoms with Gasteiger partial charge in [-0.3, -0.25) is 0 Å². The van der Waals surface area contributed by atoms with Gasteiger partial charge in [0.1, 0.15) is 5.75 Å². The van der Waals surface area contributed by atoms with Crippen LogP contribution in [0.5, 0.6) is 5.75 Å². The highest BCUT2D eigenvalue weighted by Gasteiger charge is 2.30. The van der Waals surface area contributed by atoms with Gasteiger partial charge in [0.15, 0.2) is 12.4 Å². The van der Waals surface area contributed by atoms with Crippen molar-refractivity contribution in [1.82, 2.24) is 0 Å². The summed E-state index contributed by atoms with van der Waals surface area (Å²) in [6.45, 7) is -1.38. The van der Waals surface area contributed by atoms with Crippen molar-refractivity contribution < 1.29 is 22.3 Å². The molecule has 1 aromatic rings. The summed E-state index contributed by atoms with van der Waals surface area (Å²) in [5, 5.41) is 0. The zero-order valence-corrected chi connectivity index (χ0v) is 16.3. The van der Waals surface area contributed by atoms with Crippen molar-refractivity contribution in [3.05, 3.63) is 20.1 Å². The molecule has 0 saturated carbocycles. The van der Waals surface area contributed by atoms with Crippen LogP contribution in [0.3, 0.4) is 0 Å².